The summed E-state index contributed by atoms with van der Waals surface area (Å²) in [7, 11) is 0. The van der Waals surface area contributed by atoms with Crippen molar-refractivity contribution in [2.45, 2.75) is 6.92 Å². The molecule has 0 unspecified atom stereocenters. The summed E-state index contributed by atoms with van der Waals surface area (Å²) in [4.78, 5) is 29.7. The van der Waals surface area contributed by atoms with Crippen LogP contribution in [0.3, 0.4) is 0 Å². The average Bonchev–Trinajstić information content (AvgIpc) is 3.01. The maximum atomic E-state index is 12.1. The molecule has 0 atom stereocenters. The first kappa shape index (κ1) is 18.1. The number of amides is 2. The van der Waals surface area contributed by atoms with Crippen LogP contribution in [0, 0.1) is 6.92 Å². The van der Waals surface area contributed by atoms with Crippen molar-refractivity contribution in [1.29, 1.82) is 0 Å². The highest BCUT2D eigenvalue weighted by atomic mass is 35.5. The number of hydrogen-bond donors (Lipinski definition) is 2. The summed E-state index contributed by atoms with van der Waals surface area (Å²) in [5.41, 5.74) is 2.16. The van der Waals surface area contributed by atoms with Crippen LogP contribution in [0.5, 0.6) is 0 Å². The molecule has 0 fully saturated rings. The third-order valence-electron chi connectivity index (χ3n) is 3.62. The predicted molar refractivity (Wildman–Crippen MR) is 105 cm³/mol. The third kappa shape index (κ3) is 4.28. The molecule has 5 nitrogen and oxygen atoms in total. The van der Waals surface area contributed by atoms with Crippen LogP contribution in [-0.2, 0) is 4.79 Å². The van der Waals surface area contributed by atoms with Crippen LogP contribution < -0.4 is 10.6 Å². The van der Waals surface area contributed by atoms with Gasteiger partial charge in [-0.1, -0.05) is 54.1 Å². The summed E-state index contributed by atoms with van der Waals surface area (Å²) in [6.07, 6.45) is 0. The molecule has 7 heteroatoms. The Morgan fingerprint density at radius 1 is 1.08 bits per heavy atom. The fourth-order valence-electron chi connectivity index (χ4n) is 2.38. The Balaban J connectivity index is 1.61. The highest BCUT2D eigenvalue weighted by molar-refractivity contribution is 7.16. The maximum Gasteiger partial charge on any atom is 0.253 e. The van der Waals surface area contributed by atoms with Gasteiger partial charge >= 0.3 is 0 Å². The maximum absolute atomic E-state index is 12.1. The Hall–Kier alpha value is -2.70. The Morgan fingerprint density at radius 3 is 2.50 bits per heavy atom. The molecule has 1 heterocycles. The smallest absolute Gasteiger partial charge is 0.253 e. The summed E-state index contributed by atoms with van der Waals surface area (Å²) >= 11 is 7.37. The first-order chi connectivity index (χ1) is 12.5. The van der Waals surface area contributed by atoms with E-state index in [0.717, 1.165) is 16.1 Å². The molecule has 2 aromatic carbocycles. The van der Waals surface area contributed by atoms with Gasteiger partial charge in [0.05, 0.1) is 22.8 Å². The number of thiazole rings is 1. The minimum absolute atomic E-state index is 0.163. The van der Waals surface area contributed by atoms with Crippen molar-refractivity contribution in [1.82, 2.24) is 10.3 Å². The molecule has 132 valence electrons. The predicted octanol–water partition coefficient (Wildman–Crippen LogP) is 4.14. The Kier molecular flexibility index (Phi) is 5.65. The minimum atomic E-state index is -0.397. The Labute approximate surface area is 160 Å². The van der Waals surface area contributed by atoms with Crippen molar-refractivity contribution in [3.8, 4) is 11.3 Å². The molecule has 0 aliphatic heterocycles. The van der Waals surface area contributed by atoms with Crippen molar-refractivity contribution in [3.05, 3.63) is 70.1 Å². The summed E-state index contributed by atoms with van der Waals surface area (Å²) in [5, 5.41) is 6.11. The van der Waals surface area contributed by atoms with Gasteiger partial charge in [-0.15, -0.1) is 11.3 Å². The number of nitrogens with one attached hydrogen (secondary N) is 2. The van der Waals surface area contributed by atoms with Gasteiger partial charge in [0.1, 0.15) is 0 Å². The van der Waals surface area contributed by atoms with E-state index in [0.29, 0.717) is 15.7 Å². The van der Waals surface area contributed by atoms with Crippen LogP contribution >= 0.6 is 22.9 Å². The fourth-order valence-corrected chi connectivity index (χ4v) is 3.45. The Bertz CT molecular complexity index is 941. The van der Waals surface area contributed by atoms with Crippen LogP contribution in [0.2, 0.25) is 5.02 Å². The number of nitrogens with zero attached hydrogens (tertiary/aromatic N) is 1. The van der Waals surface area contributed by atoms with E-state index in [-0.39, 0.29) is 12.5 Å². The van der Waals surface area contributed by atoms with E-state index in [2.05, 4.69) is 15.6 Å². The molecular weight excluding hydrogens is 370 g/mol. The van der Waals surface area contributed by atoms with Gasteiger partial charge in [0.25, 0.3) is 5.91 Å². The third-order valence-corrected chi connectivity index (χ3v) is 4.83. The fraction of sp³-hybridized carbons (Fsp3) is 0.105. The van der Waals surface area contributed by atoms with Gasteiger partial charge in [-0.2, -0.15) is 0 Å². The number of halogens is 1. The first-order valence-electron chi connectivity index (χ1n) is 7.90. The van der Waals surface area contributed by atoms with Crippen LogP contribution in [-0.4, -0.2) is 23.3 Å². The zero-order valence-corrected chi connectivity index (χ0v) is 15.5. The van der Waals surface area contributed by atoms with Gasteiger partial charge in [0.15, 0.2) is 5.13 Å². The van der Waals surface area contributed by atoms with Crippen molar-refractivity contribution in [2.75, 3.05) is 11.9 Å². The summed E-state index contributed by atoms with van der Waals surface area (Å²) in [6, 6.07) is 16.4. The van der Waals surface area contributed by atoms with Gasteiger partial charge in [-0.05, 0) is 19.1 Å². The van der Waals surface area contributed by atoms with Crippen molar-refractivity contribution >= 4 is 39.9 Å². The normalized spacial score (nSPS) is 10.4. The Morgan fingerprint density at radius 2 is 1.77 bits per heavy atom. The molecule has 0 spiro atoms. The molecule has 0 bridgehead atoms. The zero-order valence-electron chi connectivity index (χ0n) is 14.0. The van der Waals surface area contributed by atoms with E-state index in [1.54, 1.807) is 24.3 Å². The van der Waals surface area contributed by atoms with Gasteiger partial charge in [-0.25, -0.2) is 4.98 Å². The number of aryl methyl sites for hydroxylation is 1. The highest BCUT2D eigenvalue weighted by Gasteiger charge is 2.14. The first-order valence-corrected chi connectivity index (χ1v) is 9.09. The van der Waals surface area contributed by atoms with Gasteiger partial charge < -0.3 is 10.6 Å². The second-order valence-corrected chi connectivity index (χ2v) is 7.11. The number of carbonyl (C=O) groups is 2. The molecule has 1 aromatic heterocycles. The second kappa shape index (κ2) is 8.12. The monoisotopic (exact) mass is 385 g/mol. The van der Waals surface area contributed by atoms with E-state index in [1.807, 2.05) is 37.3 Å². The van der Waals surface area contributed by atoms with E-state index in [4.69, 9.17) is 11.6 Å². The van der Waals surface area contributed by atoms with Crippen LogP contribution in [0.1, 0.15) is 15.2 Å². The van der Waals surface area contributed by atoms with E-state index in [9.17, 15) is 9.59 Å². The van der Waals surface area contributed by atoms with E-state index < -0.39 is 5.91 Å². The molecule has 0 saturated carbocycles. The van der Waals surface area contributed by atoms with E-state index >= 15 is 0 Å². The van der Waals surface area contributed by atoms with Crippen LogP contribution in [0.15, 0.2) is 54.6 Å². The van der Waals surface area contributed by atoms with Gasteiger partial charge in [0.2, 0.25) is 5.91 Å². The topological polar surface area (TPSA) is 71.1 Å². The highest BCUT2D eigenvalue weighted by Crippen LogP contribution is 2.30. The van der Waals surface area contributed by atoms with Crippen LogP contribution in [0.25, 0.3) is 11.3 Å². The molecular formula is C19H16ClN3O2S. The van der Waals surface area contributed by atoms with Crippen molar-refractivity contribution in [2.24, 2.45) is 0 Å². The average molecular weight is 386 g/mol. The van der Waals surface area contributed by atoms with E-state index in [1.165, 1.54) is 11.3 Å². The second-order valence-electron chi connectivity index (χ2n) is 5.50. The van der Waals surface area contributed by atoms with Gasteiger partial charge in [0, 0.05) is 10.4 Å². The molecule has 2 N–H and O–H groups in total. The number of anilines is 1. The number of carbonyl (C=O) groups excluding carboxylic acids is 2. The van der Waals surface area contributed by atoms with Crippen molar-refractivity contribution < 1.29 is 9.59 Å². The molecule has 0 aliphatic carbocycles. The lowest BCUT2D eigenvalue weighted by Gasteiger charge is -2.06. The summed E-state index contributed by atoms with van der Waals surface area (Å²) < 4.78 is 0. The molecule has 3 rings (SSSR count). The lowest BCUT2D eigenvalue weighted by Crippen LogP contribution is -2.32. The summed E-state index contributed by atoms with van der Waals surface area (Å²) in [5.74, 6) is -0.746. The quantitative estimate of drug-likeness (QED) is 0.693. The lowest BCUT2D eigenvalue weighted by molar-refractivity contribution is -0.115. The molecule has 26 heavy (non-hydrogen) atoms. The van der Waals surface area contributed by atoms with Crippen molar-refractivity contribution in [3.63, 3.8) is 0 Å². The standard InChI is InChI=1S/C19H16ClN3O2S/c1-12-17(13-7-3-2-4-8-13)23-19(26-12)22-16(24)11-21-18(25)14-9-5-6-10-15(14)20/h2-10H,11H2,1H3,(H,21,25)(H,22,23,24). The number of hydrogen-bond acceptors (Lipinski definition) is 4. The molecule has 0 radical (unpaired) electrons. The molecule has 3 aromatic rings. The lowest BCUT2D eigenvalue weighted by atomic mass is 10.1. The van der Waals surface area contributed by atoms with Gasteiger partial charge in [-0.3, -0.25) is 9.59 Å². The number of rotatable bonds is 5. The summed E-state index contributed by atoms with van der Waals surface area (Å²) in [6.45, 7) is 1.79. The SMILES string of the molecule is Cc1sc(NC(=O)CNC(=O)c2ccccc2Cl)nc1-c1ccccc1. The minimum Gasteiger partial charge on any atom is -0.343 e. The van der Waals surface area contributed by atoms with Crippen LogP contribution in [0.4, 0.5) is 5.13 Å². The molecule has 2 amide bonds. The number of benzene rings is 2. The zero-order chi connectivity index (χ0) is 18.5. The molecule has 0 saturated heterocycles. The molecule has 0 aliphatic rings. The largest absolute Gasteiger partial charge is 0.343 e. The number of aromatic nitrogens is 1.